The van der Waals surface area contributed by atoms with Crippen molar-refractivity contribution in [1.82, 2.24) is 24.5 Å². The molecule has 2 unspecified atom stereocenters. The Hall–Kier alpha value is -2.81. The summed E-state index contributed by atoms with van der Waals surface area (Å²) < 4.78 is 26.3. The third-order valence-electron chi connectivity index (χ3n) is 5.77. The highest BCUT2D eigenvalue weighted by atomic mass is 32.2. The van der Waals surface area contributed by atoms with E-state index in [0.29, 0.717) is 24.6 Å². The number of sulfone groups is 1. The highest BCUT2D eigenvalue weighted by Gasteiger charge is 2.32. The fraction of sp³-hybridized carbons (Fsp3) is 0.429. The largest absolute Gasteiger partial charge is 0.342 e. The molecule has 0 spiro atoms. The summed E-state index contributed by atoms with van der Waals surface area (Å²) in [5, 5.41) is 4.20. The highest BCUT2D eigenvalue weighted by Crippen LogP contribution is 2.32. The topological polar surface area (TPSA) is 97.5 Å². The van der Waals surface area contributed by atoms with Crippen molar-refractivity contribution in [2.24, 2.45) is 0 Å². The number of aromatic nitrogens is 4. The van der Waals surface area contributed by atoms with Gasteiger partial charge in [0.15, 0.2) is 9.84 Å². The molecule has 158 valence electrons. The van der Waals surface area contributed by atoms with E-state index in [0.717, 1.165) is 24.0 Å². The first-order chi connectivity index (χ1) is 14.3. The molecule has 0 bridgehead atoms. The molecule has 9 heteroatoms. The fourth-order valence-corrected chi connectivity index (χ4v) is 4.99. The number of benzene rings is 1. The number of aryl methyl sites for hydroxylation is 1. The van der Waals surface area contributed by atoms with Crippen LogP contribution in [0.15, 0.2) is 41.7 Å². The molecule has 3 heterocycles. The third kappa shape index (κ3) is 3.81. The lowest BCUT2D eigenvalue weighted by molar-refractivity contribution is -0.133. The molecule has 0 radical (unpaired) electrons. The van der Waals surface area contributed by atoms with Crippen LogP contribution in [0.3, 0.4) is 0 Å². The van der Waals surface area contributed by atoms with Gasteiger partial charge in [-0.3, -0.25) is 4.79 Å². The number of nitrogens with zero attached hydrogens (tertiary/aromatic N) is 5. The minimum absolute atomic E-state index is 0.0494. The summed E-state index contributed by atoms with van der Waals surface area (Å²) in [6, 6.07) is 8.00. The highest BCUT2D eigenvalue weighted by molar-refractivity contribution is 7.90. The van der Waals surface area contributed by atoms with Gasteiger partial charge in [-0.15, -0.1) is 0 Å². The van der Waals surface area contributed by atoms with Gasteiger partial charge in [-0.05, 0) is 32.3 Å². The van der Waals surface area contributed by atoms with Gasteiger partial charge in [-0.25, -0.2) is 13.4 Å². The van der Waals surface area contributed by atoms with E-state index in [1.165, 1.54) is 23.3 Å². The van der Waals surface area contributed by atoms with Crippen LogP contribution in [0.1, 0.15) is 48.4 Å². The monoisotopic (exact) mass is 427 g/mol. The smallest absolute Gasteiger partial charge is 0.252 e. The van der Waals surface area contributed by atoms with Crippen molar-refractivity contribution in [3.05, 3.63) is 53.6 Å². The number of likely N-dealkylation sites (tertiary alicyclic amines) is 1. The van der Waals surface area contributed by atoms with Gasteiger partial charge in [0.1, 0.15) is 11.2 Å². The van der Waals surface area contributed by atoms with Crippen LogP contribution >= 0.6 is 0 Å². The second-order valence-electron chi connectivity index (χ2n) is 8.01. The third-order valence-corrected chi connectivity index (χ3v) is 6.89. The van der Waals surface area contributed by atoms with Crippen molar-refractivity contribution >= 4 is 21.5 Å². The van der Waals surface area contributed by atoms with Crippen LogP contribution in [-0.4, -0.2) is 58.2 Å². The van der Waals surface area contributed by atoms with Gasteiger partial charge in [-0.1, -0.05) is 29.8 Å². The summed E-state index contributed by atoms with van der Waals surface area (Å²) in [5.74, 6) is -0.0189. The van der Waals surface area contributed by atoms with E-state index in [-0.39, 0.29) is 22.6 Å². The van der Waals surface area contributed by atoms with E-state index in [9.17, 15) is 13.2 Å². The second-order valence-corrected chi connectivity index (χ2v) is 9.99. The van der Waals surface area contributed by atoms with E-state index in [1.807, 2.05) is 43.0 Å². The Morgan fingerprint density at radius 1 is 1.20 bits per heavy atom. The van der Waals surface area contributed by atoms with Gasteiger partial charge in [-0.2, -0.15) is 14.6 Å². The molecule has 8 nitrogen and oxygen atoms in total. The number of fused-ring (bicyclic) bond motifs is 1. The van der Waals surface area contributed by atoms with Crippen LogP contribution in [0.4, 0.5) is 0 Å². The number of hydrogen-bond donors (Lipinski definition) is 0. The van der Waals surface area contributed by atoms with Crippen LogP contribution in [-0.2, 0) is 14.6 Å². The Morgan fingerprint density at radius 3 is 2.63 bits per heavy atom. The second kappa shape index (κ2) is 7.79. The Balaban J connectivity index is 1.65. The van der Waals surface area contributed by atoms with Crippen molar-refractivity contribution < 1.29 is 13.2 Å². The zero-order valence-corrected chi connectivity index (χ0v) is 18.1. The predicted molar refractivity (Wildman–Crippen MR) is 112 cm³/mol. The number of carbonyl (C=O) groups excluding carboxylic acids is 1. The maximum atomic E-state index is 13.2. The summed E-state index contributed by atoms with van der Waals surface area (Å²) in [6.45, 7) is 5.03. The maximum absolute atomic E-state index is 13.2. The molecule has 0 aliphatic carbocycles. The van der Waals surface area contributed by atoms with Crippen LogP contribution in [0.5, 0.6) is 0 Å². The predicted octanol–water partition coefficient (Wildman–Crippen LogP) is 2.35. The van der Waals surface area contributed by atoms with Crippen molar-refractivity contribution in [1.29, 1.82) is 0 Å². The molecule has 1 saturated heterocycles. The summed E-state index contributed by atoms with van der Waals surface area (Å²) in [7, 11) is -3.51. The van der Waals surface area contributed by atoms with Gasteiger partial charge >= 0.3 is 0 Å². The van der Waals surface area contributed by atoms with Crippen LogP contribution in [0, 0.1) is 6.92 Å². The lowest BCUT2D eigenvalue weighted by Crippen LogP contribution is -2.41. The number of piperidine rings is 1. The van der Waals surface area contributed by atoms with E-state index in [1.54, 1.807) is 0 Å². The number of amides is 1. The normalized spacial score (nSPS) is 18.5. The molecule has 1 fully saturated rings. The molecule has 0 N–H and O–H groups in total. The first-order valence-corrected chi connectivity index (χ1v) is 11.9. The van der Waals surface area contributed by atoms with Crippen LogP contribution < -0.4 is 0 Å². The quantitative estimate of drug-likeness (QED) is 0.634. The lowest BCUT2D eigenvalue weighted by atomic mass is 9.92. The number of rotatable bonds is 4. The maximum Gasteiger partial charge on any atom is 0.252 e. The molecule has 1 amide bonds. The Kier molecular flexibility index (Phi) is 5.31. The fourth-order valence-electron chi connectivity index (χ4n) is 4.11. The molecule has 1 aromatic carbocycles. The molecule has 4 rings (SSSR count). The summed E-state index contributed by atoms with van der Waals surface area (Å²) in [5.41, 5.74) is 2.69. The summed E-state index contributed by atoms with van der Waals surface area (Å²) in [4.78, 5) is 23.4. The summed E-state index contributed by atoms with van der Waals surface area (Å²) in [6.07, 6.45) is 5.44. The van der Waals surface area contributed by atoms with Gasteiger partial charge in [0.25, 0.3) is 5.78 Å². The first-order valence-electron chi connectivity index (χ1n) is 9.99. The zero-order valence-electron chi connectivity index (χ0n) is 17.3. The van der Waals surface area contributed by atoms with Crippen LogP contribution in [0.25, 0.3) is 5.78 Å². The Morgan fingerprint density at radius 2 is 1.93 bits per heavy atom. The molecule has 1 aliphatic heterocycles. The van der Waals surface area contributed by atoms with Gasteiger partial charge in [0, 0.05) is 25.3 Å². The minimum Gasteiger partial charge on any atom is -0.342 e. The van der Waals surface area contributed by atoms with Gasteiger partial charge in [0.2, 0.25) is 5.91 Å². The number of hydrogen-bond acceptors (Lipinski definition) is 6. The molecular weight excluding hydrogens is 402 g/mol. The van der Waals surface area contributed by atoms with Crippen LogP contribution in [0.2, 0.25) is 0 Å². The molecule has 2 atom stereocenters. The molecule has 3 aromatic rings. The van der Waals surface area contributed by atoms with Crippen molar-refractivity contribution in [3.63, 3.8) is 0 Å². The van der Waals surface area contributed by atoms with Gasteiger partial charge in [0.05, 0.1) is 17.8 Å². The van der Waals surface area contributed by atoms with Crippen molar-refractivity contribution in [3.8, 4) is 0 Å². The minimum atomic E-state index is -3.51. The molecule has 2 aromatic heterocycles. The Bertz CT molecular complexity index is 1190. The average molecular weight is 428 g/mol. The SMILES string of the molecule is Cc1ccc(C(C)C(=O)N2CCCC(c3c(S(C)(=O)=O)cnc4ncnn34)C2)cc1. The van der Waals surface area contributed by atoms with E-state index < -0.39 is 9.84 Å². The molecular formula is C21H25N5O3S. The van der Waals surface area contributed by atoms with E-state index >= 15 is 0 Å². The first kappa shape index (κ1) is 20.5. The van der Waals surface area contributed by atoms with E-state index in [2.05, 4.69) is 15.1 Å². The zero-order chi connectivity index (χ0) is 21.5. The lowest BCUT2D eigenvalue weighted by Gasteiger charge is -2.35. The van der Waals surface area contributed by atoms with Crippen molar-refractivity contribution in [2.45, 2.75) is 43.4 Å². The Labute approximate surface area is 175 Å². The van der Waals surface area contributed by atoms with Crippen molar-refractivity contribution in [2.75, 3.05) is 19.3 Å². The van der Waals surface area contributed by atoms with Gasteiger partial charge < -0.3 is 4.90 Å². The van der Waals surface area contributed by atoms with E-state index in [4.69, 9.17) is 0 Å². The standard InChI is InChI=1S/C21H25N5O3S/c1-14-6-8-16(9-7-14)15(2)20(27)25-10-4-5-17(12-25)19-18(30(3,28)29)11-22-21-23-13-24-26(19)21/h6-9,11,13,15,17H,4-5,10,12H2,1-3H3. The molecule has 1 aliphatic rings. The number of carbonyl (C=O) groups is 1. The molecule has 30 heavy (non-hydrogen) atoms. The average Bonchev–Trinajstić information content (AvgIpc) is 3.21. The summed E-state index contributed by atoms with van der Waals surface area (Å²) >= 11 is 0. The molecule has 0 saturated carbocycles.